The normalized spacial score (nSPS) is 26.8. The molecule has 4 aliphatic heterocycles. The molecule has 2 spiro atoms. The van der Waals surface area contributed by atoms with Gasteiger partial charge in [-0.25, -0.2) is 0 Å². The fourth-order valence-corrected chi connectivity index (χ4v) is 6.37. The molecule has 0 aliphatic carbocycles. The van der Waals surface area contributed by atoms with E-state index in [2.05, 4.69) is 49.2 Å². The van der Waals surface area contributed by atoms with Crippen LogP contribution in [0.5, 0.6) is 11.5 Å². The summed E-state index contributed by atoms with van der Waals surface area (Å²) in [5, 5.41) is 3.56. The van der Waals surface area contributed by atoms with Crippen LogP contribution in [0.25, 0.3) is 0 Å². The van der Waals surface area contributed by atoms with Crippen molar-refractivity contribution in [3.63, 3.8) is 0 Å². The van der Waals surface area contributed by atoms with Gasteiger partial charge < -0.3 is 24.8 Å². The summed E-state index contributed by atoms with van der Waals surface area (Å²) in [6, 6.07) is 16.1. The first-order valence-electron chi connectivity index (χ1n) is 13.6. The Labute approximate surface area is 220 Å². The molecule has 0 amide bonds. The Morgan fingerprint density at radius 3 is 2.24 bits per heavy atom. The van der Waals surface area contributed by atoms with Crippen LogP contribution in [0, 0.1) is 5.41 Å². The molecule has 7 heteroatoms. The lowest BCUT2D eigenvalue weighted by Crippen LogP contribution is -2.58. The highest BCUT2D eigenvalue weighted by Crippen LogP contribution is 2.41. The smallest absolute Gasteiger partial charge is 0.147 e. The third-order valence-corrected chi connectivity index (χ3v) is 8.58. The summed E-state index contributed by atoms with van der Waals surface area (Å²) in [5.74, 6) is 1.65. The van der Waals surface area contributed by atoms with Crippen molar-refractivity contribution in [3.05, 3.63) is 73.3 Å². The third kappa shape index (κ3) is 5.43. The van der Waals surface area contributed by atoms with Crippen LogP contribution in [0.1, 0.15) is 25.7 Å². The van der Waals surface area contributed by atoms with Gasteiger partial charge in [-0.2, -0.15) is 0 Å². The number of ether oxygens (including phenoxy) is 1. The summed E-state index contributed by atoms with van der Waals surface area (Å²) in [6.45, 7) is 8.21. The van der Waals surface area contributed by atoms with Crippen LogP contribution in [-0.2, 0) is 0 Å². The second kappa shape index (κ2) is 10.3. The topological polar surface area (TPSA) is 56.8 Å². The molecule has 4 fully saturated rings. The van der Waals surface area contributed by atoms with Gasteiger partial charge in [-0.1, -0.05) is 18.2 Å². The molecule has 0 saturated carbocycles. The summed E-state index contributed by atoms with van der Waals surface area (Å²) < 4.78 is 5.92. The molecule has 4 aliphatic rings. The van der Waals surface area contributed by atoms with E-state index < -0.39 is 0 Å². The molecule has 1 aromatic carbocycles. The SMILES string of the molecule is CN1CCC2(CCN(c3cncc(Oc4ccccc4)c3)C2)C1.c1cncc(N2CCC3(CCN3)C2)c1. The van der Waals surface area contributed by atoms with Gasteiger partial charge in [0.15, 0.2) is 0 Å². The standard InChI is InChI=1S/C19H23N3O.C11H15N3/c1-21-9-7-19(14-21)8-10-22(15-19)16-11-18(13-20-12-16)23-17-5-3-2-4-6-17;1-2-10(8-12-5-1)14-7-4-11(9-14)3-6-13-11/h2-6,11-13H,7-10,14-15H2,1H3;1-2,5,8,13H,3-4,6-7,9H2. The Morgan fingerprint density at radius 1 is 0.757 bits per heavy atom. The van der Waals surface area contributed by atoms with Crippen LogP contribution in [0.15, 0.2) is 73.3 Å². The fourth-order valence-electron chi connectivity index (χ4n) is 6.37. The molecule has 7 rings (SSSR count). The zero-order chi connectivity index (χ0) is 25.1. The monoisotopic (exact) mass is 498 g/mol. The quantitative estimate of drug-likeness (QED) is 0.571. The maximum absolute atomic E-state index is 5.92. The zero-order valence-corrected chi connectivity index (χ0v) is 21.9. The number of benzene rings is 1. The highest BCUT2D eigenvalue weighted by Gasteiger charge is 2.43. The first-order chi connectivity index (χ1) is 18.1. The number of rotatable bonds is 4. The number of pyridine rings is 2. The minimum absolute atomic E-state index is 0.440. The fraction of sp³-hybridized carbons (Fsp3) is 0.467. The van der Waals surface area contributed by atoms with E-state index in [1.54, 1.807) is 6.20 Å². The van der Waals surface area contributed by atoms with Crippen LogP contribution >= 0.6 is 0 Å². The number of anilines is 2. The predicted molar refractivity (Wildman–Crippen MR) is 149 cm³/mol. The van der Waals surface area contributed by atoms with Crippen LogP contribution in [-0.4, -0.2) is 73.3 Å². The lowest BCUT2D eigenvalue weighted by molar-refractivity contribution is 0.235. The van der Waals surface area contributed by atoms with E-state index in [1.165, 1.54) is 63.2 Å². The molecule has 0 radical (unpaired) electrons. The summed E-state index contributed by atoms with van der Waals surface area (Å²) in [7, 11) is 2.23. The number of hydrogen-bond acceptors (Lipinski definition) is 7. The highest BCUT2D eigenvalue weighted by atomic mass is 16.5. The molecule has 2 unspecified atom stereocenters. The minimum Gasteiger partial charge on any atom is -0.456 e. The van der Waals surface area contributed by atoms with Gasteiger partial charge in [0.05, 0.1) is 30.0 Å². The summed E-state index contributed by atoms with van der Waals surface area (Å²) in [6.07, 6.45) is 12.7. The summed E-state index contributed by atoms with van der Waals surface area (Å²) in [5.41, 5.74) is 3.35. The Balaban J connectivity index is 0.000000153. The van der Waals surface area contributed by atoms with Crippen LogP contribution < -0.4 is 19.9 Å². The van der Waals surface area contributed by atoms with Crippen molar-refractivity contribution in [2.75, 3.05) is 62.7 Å². The first-order valence-corrected chi connectivity index (χ1v) is 13.6. The lowest BCUT2D eigenvalue weighted by atomic mass is 9.86. The number of likely N-dealkylation sites (tertiary alicyclic amines) is 1. The molecule has 1 N–H and O–H groups in total. The molecular weight excluding hydrogens is 460 g/mol. The van der Waals surface area contributed by atoms with E-state index in [1.807, 2.05) is 55.0 Å². The molecule has 7 nitrogen and oxygen atoms in total. The Kier molecular flexibility index (Phi) is 6.74. The average molecular weight is 499 g/mol. The van der Waals surface area contributed by atoms with E-state index in [0.29, 0.717) is 11.0 Å². The van der Waals surface area contributed by atoms with Gasteiger partial charge >= 0.3 is 0 Å². The van der Waals surface area contributed by atoms with Gasteiger partial charge in [0, 0.05) is 55.9 Å². The molecule has 3 aromatic rings. The van der Waals surface area contributed by atoms with Crippen molar-refractivity contribution in [2.45, 2.75) is 31.2 Å². The largest absolute Gasteiger partial charge is 0.456 e. The van der Waals surface area contributed by atoms with Crippen LogP contribution in [0.3, 0.4) is 0 Å². The Hall–Kier alpha value is -3.16. The number of aromatic nitrogens is 2. The van der Waals surface area contributed by atoms with Gasteiger partial charge in [-0.3, -0.25) is 9.97 Å². The molecule has 0 bridgehead atoms. The predicted octanol–water partition coefficient (Wildman–Crippen LogP) is 4.43. The van der Waals surface area contributed by atoms with Crippen molar-refractivity contribution < 1.29 is 4.74 Å². The van der Waals surface area contributed by atoms with Crippen molar-refractivity contribution in [3.8, 4) is 11.5 Å². The number of hydrogen-bond donors (Lipinski definition) is 1. The first kappa shape index (κ1) is 24.2. The average Bonchev–Trinajstić information content (AvgIpc) is 3.65. The molecule has 4 saturated heterocycles. The van der Waals surface area contributed by atoms with E-state index in [-0.39, 0.29) is 0 Å². The summed E-state index contributed by atoms with van der Waals surface area (Å²) >= 11 is 0. The van der Waals surface area contributed by atoms with Crippen LogP contribution in [0.2, 0.25) is 0 Å². The second-order valence-electron chi connectivity index (χ2n) is 11.3. The molecule has 2 aromatic heterocycles. The maximum atomic E-state index is 5.92. The van der Waals surface area contributed by atoms with E-state index in [4.69, 9.17) is 4.74 Å². The third-order valence-electron chi connectivity index (χ3n) is 8.58. The molecule has 194 valence electrons. The molecule has 37 heavy (non-hydrogen) atoms. The van der Waals surface area contributed by atoms with E-state index in [0.717, 1.165) is 31.1 Å². The Bertz CT molecular complexity index is 1170. The van der Waals surface area contributed by atoms with E-state index in [9.17, 15) is 0 Å². The highest BCUT2D eigenvalue weighted by molar-refractivity contribution is 5.50. The lowest BCUT2D eigenvalue weighted by Gasteiger charge is -2.39. The molecule has 2 atom stereocenters. The van der Waals surface area contributed by atoms with Crippen molar-refractivity contribution >= 4 is 11.4 Å². The molecular formula is C30H38N6O. The van der Waals surface area contributed by atoms with Gasteiger partial charge in [0.2, 0.25) is 0 Å². The van der Waals surface area contributed by atoms with Crippen molar-refractivity contribution in [2.24, 2.45) is 5.41 Å². The molecule has 6 heterocycles. The Morgan fingerprint density at radius 2 is 1.54 bits per heavy atom. The van der Waals surface area contributed by atoms with Crippen LogP contribution in [0.4, 0.5) is 11.4 Å². The number of nitrogens with zero attached hydrogens (tertiary/aromatic N) is 5. The second-order valence-corrected chi connectivity index (χ2v) is 11.3. The van der Waals surface area contributed by atoms with Crippen molar-refractivity contribution in [1.82, 2.24) is 20.2 Å². The van der Waals surface area contributed by atoms with Gasteiger partial charge in [0.25, 0.3) is 0 Å². The summed E-state index contributed by atoms with van der Waals surface area (Å²) in [4.78, 5) is 15.9. The van der Waals surface area contributed by atoms with E-state index >= 15 is 0 Å². The zero-order valence-electron chi connectivity index (χ0n) is 21.9. The van der Waals surface area contributed by atoms with Crippen molar-refractivity contribution in [1.29, 1.82) is 0 Å². The van der Waals surface area contributed by atoms with Gasteiger partial charge in [0.1, 0.15) is 11.5 Å². The number of nitrogens with one attached hydrogen (secondary N) is 1. The van der Waals surface area contributed by atoms with Gasteiger partial charge in [-0.15, -0.1) is 0 Å². The maximum Gasteiger partial charge on any atom is 0.147 e. The minimum atomic E-state index is 0.440. The number of para-hydroxylation sites is 1. The van der Waals surface area contributed by atoms with Gasteiger partial charge in [-0.05, 0) is 70.1 Å².